The van der Waals surface area contributed by atoms with Crippen molar-refractivity contribution in [2.24, 2.45) is 5.41 Å². The Morgan fingerprint density at radius 1 is 1.50 bits per heavy atom. The van der Waals surface area contributed by atoms with Gasteiger partial charge in [0, 0.05) is 24.7 Å². The lowest BCUT2D eigenvalue weighted by atomic mass is 9.88. The third-order valence-electron chi connectivity index (χ3n) is 3.80. The summed E-state index contributed by atoms with van der Waals surface area (Å²) in [7, 11) is 1.65. The Balaban J connectivity index is 2.05. The van der Waals surface area contributed by atoms with E-state index in [1.165, 1.54) is 5.56 Å². The van der Waals surface area contributed by atoms with Crippen LogP contribution in [-0.4, -0.2) is 26.2 Å². The third-order valence-corrected chi connectivity index (χ3v) is 3.80. The van der Waals surface area contributed by atoms with Crippen molar-refractivity contribution >= 4 is 5.91 Å². The maximum Gasteiger partial charge on any atom is 0.226 e. The number of benzene rings is 1. The van der Waals surface area contributed by atoms with Gasteiger partial charge in [0.15, 0.2) is 0 Å². The lowest BCUT2D eigenvalue weighted by molar-refractivity contribution is -0.131. The molecule has 1 atom stereocenters. The molecule has 1 aliphatic heterocycles. The number of hydrogen-bond acceptors (Lipinski definition) is 3. The van der Waals surface area contributed by atoms with Gasteiger partial charge in [0.2, 0.25) is 5.91 Å². The summed E-state index contributed by atoms with van der Waals surface area (Å²) in [5, 5.41) is 3.09. The van der Waals surface area contributed by atoms with Gasteiger partial charge >= 0.3 is 0 Å². The minimum absolute atomic E-state index is 0.0394. The summed E-state index contributed by atoms with van der Waals surface area (Å²) >= 11 is 0. The first kappa shape index (κ1) is 14.9. The predicted octanol–water partition coefficient (Wildman–Crippen LogP) is 2.61. The van der Waals surface area contributed by atoms with Gasteiger partial charge in [-0.3, -0.25) is 4.79 Å². The topological polar surface area (TPSA) is 47.6 Å². The van der Waals surface area contributed by atoms with Crippen LogP contribution in [-0.2, 0) is 9.53 Å². The number of methoxy groups -OCH3 is 1. The zero-order valence-corrected chi connectivity index (χ0v) is 12.7. The van der Waals surface area contributed by atoms with Crippen LogP contribution in [0.2, 0.25) is 0 Å². The molecule has 110 valence electrons. The van der Waals surface area contributed by atoms with Gasteiger partial charge in [-0.15, -0.1) is 0 Å². The second-order valence-corrected chi connectivity index (χ2v) is 6.01. The number of amides is 1. The predicted molar refractivity (Wildman–Crippen MR) is 77.8 cm³/mol. The molecule has 2 rings (SSSR count). The Hall–Kier alpha value is -1.55. The van der Waals surface area contributed by atoms with E-state index in [1.54, 1.807) is 7.11 Å². The Kier molecular flexibility index (Phi) is 4.33. The van der Waals surface area contributed by atoms with Crippen molar-refractivity contribution in [3.8, 4) is 5.75 Å². The fourth-order valence-corrected chi connectivity index (χ4v) is 2.28. The van der Waals surface area contributed by atoms with Crippen LogP contribution >= 0.6 is 0 Å². The number of carbonyl (C=O) groups excluding carboxylic acids is 1. The van der Waals surface area contributed by atoms with E-state index in [2.05, 4.69) is 11.4 Å². The summed E-state index contributed by atoms with van der Waals surface area (Å²) in [6.45, 7) is 7.00. The summed E-state index contributed by atoms with van der Waals surface area (Å²) in [4.78, 5) is 12.4. The molecular weight excluding hydrogens is 254 g/mol. The Bertz CT molecular complexity index is 496. The Labute approximate surface area is 120 Å². The molecule has 1 unspecified atom stereocenters. The number of aryl methyl sites for hydroxylation is 1. The van der Waals surface area contributed by atoms with Gasteiger partial charge in [0.25, 0.3) is 0 Å². The summed E-state index contributed by atoms with van der Waals surface area (Å²) in [6, 6.07) is 6.01. The maximum absolute atomic E-state index is 12.4. The maximum atomic E-state index is 12.4. The van der Waals surface area contributed by atoms with Crippen molar-refractivity contribution < 1.29 is 14.3 Å². The lowest BCUT2D eigenvalue weighted by Gasteiger charge is -2.25. The molecule has 1 aromatic rings. The lowest BCUT2D eigenvalue weighted by Crippen LogP contribution is -2.40. The molecule has 4 heteroatoms. The van der Waals surface area contributed by atoms with E-state index in [0.717, 1.165) is 11.3 Å². The van der Waals surface area contributed by atoms with E-state index in [9.17, 15) is 4.79 Å². The first-order valence-corrected chi connectivity index (χ1v) is 6.97. The molecule has 1 aromatic carbocycles. The first-order chi connectivity index (χ1) is 9.44. The number of nitrogens with one attached hydrogen (secondary N) is 1. The van der Waals surface area contributed by atoms with Crippen molar-refractivity contribution in [3.63, 3.8) is 0 Å². The average Bonchev–Trinajstić information content (AvgIpc) is 2.79. The monoisotopic (exact) mass is 277 g/mol. The van der Waals surface area contributed by atoms with E-state index < -0.39 is 5.41 Å². The van der Waals surface area contributed by atoms with Crippen LogP contribution in [0.15, 0.2) is 18.2 Å². The molecule has 1 aliphatic rings. The fraction of sp³-hybridized carbons (Fsp3) is 0.562. The van der Waals surface area contributed by atoms with Crippen molar-refractivity contribution in [2.45, 2.75) is 33.2 Å². The van der Waals surface area contributed by atoms with Gasteiger partial charge in [-0.1, -0.05) is 31.5 Å². The Morgan fingerprint density at radius 2 is 2.25 bits per heavy atom. The van der Waals surface area contributed by atoms with Crippen LogP contribution in [0, 0.1) is 12.3 Å². The van der Waals surface area contributed by atoms with Crippen LogP contribution in [0.4, 0.5) is 0 Å². The number of hydrogen-bond donors (Lipinski definition) is 1. The van der Waals surface area contributed by atoms with Gasteiger partial charge < -0.3 is 14.8 Å². The van der Waals surface area contributed by atoms with Crippen LogP contribution in [0.3, 0.4) is 0 Å². The molecule has 0 radical (unpaired) electrons. The number of ether oxygens (including phenoxy) is 2. The van der Waals surface area contributed by atoms with E-state index in [-0.39, 0.29) is 11.9 Å². The minimum Gasteiger partial charge on any atom is -0.491 e. The smallest absolute Gasteiger partial charge is 0.226 e. The normalized spacial score (nSPS) is 17.5. The molecule has 1 heterocycles. The molecule has 0 aliphatic carbocycles. The molecule has 0 bridgehead atoms. The number of carbonyl (C=O) groups is 1. The standard InChI is InChI=1S/C16H23NO3/c1-11-5-6-14-12(9-11)13(10-20-14)17-15(18)16(2,3)7-8-19-4/h5-6,9,13H,7-8,10H2,1-4H3,(H,17,18). The van der Waals surface area contributed by atoms with Crippen molar-refractivity contribution in [2.75, 3.05) is 20.3 Å². The summed E-state index contributed by atoms with van der Waals surface area (Å²) in [5.74, 6) is 0.910. The van der Waals surface area contributed by atoms with Crippen LogP contribution in [0.25, 0.3) is 0 Å². The van der Waals surface area contributed by atoms with E-state index in [0.29, 0.717) is 19.6 Å². The first-order valence-electron chi connectivity index (χ1n) is 6.97. The highest BCUT2D eigenvalue weighted by atomic mass is 16.5. The van der Waals surface area contributed by atoms with E-state index >= 15 is 0 Å². The molecule has 0 saturated heterocycles. The molecule has 0 aromatic heterocycles. The molecule has 0 saturated carbocycles. The van der Waals surface area contributed by atoms with Gasteiger partial charge in [0.05, 0.1) is 6.04 Å². The molecule has 1 N–H and O–H groups in total. The third kappa shape index (κ3) is 3.12. The van der Waals surface area contributed by atoms with E-state index in [4.69, 9.17) is 9.47 Å². The van der Waals surface area contributed by atoms with Gasteiger partial charge in [-0.05, 0) is 19.4 Å². The zero-order valence-electron chi connectivity index (χ0n) is 12.7. The average molecular weight is 277 g/mol. The highest BCUT2D eigenvalue weighted by molar-refractivity contribution is 5.82. The molecule has 20 heavy (non-hydrogen) atoms. The summed E-state index contributed by atoms with van der Waals surface area (Å²) in [6.07, 6.45) is 0.698. The second kappa shape index (κ2) is 5.83. The van der Waals surface area contributed by atoms with Crippen LogP contribution < -0.4 is 10.1 Å². The number of fused-ring (bicyclic) bond motifs is 1. The molecule has 0 spiro atoms. The van der Waals surface area contributed by atoms with Gasteiger partial charge in [-0.25, -0.2) is 0 Å². The molecule has 0 fully saturated rings. The molecule has 1 amide bonds. The van der Waals surface area contributed by atoms with Gasteiger partial charge in [-0.2, -0.15) is 0 Å². The Morgan fingerprint density at radius 3 is 2.95 bits per heavy atom. The summed E-state index contributed by atoms with van der Waals surface area (Å²) < 4.78 is 10.7. The fourth-order valence-electron chi connectivity index (χ4n) is 2.28. The zero-order chi connectivity index (χ0) is 14.8. The quantitative estimate of drug-likeness (QED) is 0.900. The van der Waals surface area contributed by atoms with Crippen molar-refractivity contribution in [3.05, 3.63) is 29.3 Å². The molecular formula is C16H23NO3. The molecule has 4 nitrogen and oxygen atoms in total. The minimum atomic E-state index is -0.442. The second-order valence-electron chi connectivity index (χ2n) is 6.01. The SMILES string of the molecule is COCCC(C)(C)C(=O)NC1COc2ccc(C)cc21. The van der Waals surface area contributed by atoms with E-state index in [1.807, 2.05) is 32.9 Å². The van der Waals surface area contributed by atoms with Gasteiger partial charge in [0.1, 0.15) is 12.4 Å². The highest BCUT2D eigenvalue weighted by Gasteiger charge is 2.32. The van der Waals surface area contributed by atoms with Crippen LogP contribution in [0.5, 0.6) is 5.75 Å². The van der Waals surface area contributed by atoms with Crippen molar-refractivity contribution in [1.29, 1.82) is 0 Å². The summed E-state index contributed by atoms with van der Waals surface area (Å²) in [5.41, 5.74) is 1.80. The van der Waals surface area contributed by atoms with Crippen LogP contribution in [0.1, 0.15) is 37.4 Å². The van der Waals surface area contributed by atoms with Crippen molar-refractivity contribution in [1.82, 2.24) is 5.32 Å². The highest BCUT2D eigenvalue weighted by Crippen LogP contribution is 2.34. The number of rotatable bonds is 5. The largest absolute Gasteiger partial charge is 0.491 e.